The Labute approximate surface area is 120 Å². The SMILES string of the molecule is CC(C)n1c(C2(C(F)(F)F)CCNC2)nc2cccnc21. The highest BCUT2D eigenvalue weighted by Crippen LogP contribution is 2.46. The molecule has 21 heavy (non-hydrogen) atoms. The Hall–Kier alpha value is -1.63. The van der Waals surface area contributed by atoms with Gasteiger partial charge in [-0.05, 0) is 38.9 Å². The number of hydrogen-bond donors (Lipinski definition) is 1. The highest BCUT2D eigenvalue weighted by Gasteiger charge is 2.60. The molecule has 1 fully saturated rings. The van der Waals surface area contributed by atoms with Gasteiger partial charge in [0.15, 0.2) is 5.65 Å². The van der Waals surface area contributed by atoms with E-state index >= 15 is 0 Å². The predicted molar refractivity (Wildman–Crippen MR) is 73.1 cm³/mol. The number of imidazole rings is 1. The molecule has 0 amide bonds. The molecule has 1 saturated heterocycles. The second-order valence-corrected chi connectivity index (χ2v) is 5.75. The van der Waals surface area contributed by atoms with E-state index in [1.165, 1.54) is 0 Å². The number of aromatic nitrogens is 3. The van der Waals surface area contributed by atoms with E-state index in [1.807, 2.05) is 13.8 Å². The summed E-state index contributed by atoms with van der Waals surface area (Å²) in [4.78, 5) is 8.52. The van der Waals surface area contributed by atoms with Gasteiger partial charge in [-0.2, -0.15) is 13.2 Å². The predicted octanol–water partition coefficient (Wildman–Crippen LogP) is 2.81. The van der Waals surface area contributed by atoms with Crippen LogP contribution in [-0.2, 0) is 5.41 Å². The van der Waals surface area contributed by atoms with Crippen LogP contribution >= 0.6 is 0 Å². The molecule has 1 aliphatic rings. The van der Waals surface area contributed by atoms with Gasteiger partial charge in [0.05, 0.1) is 0 Å². The molecule has 0 aromatic carbocycles. The van der Waals surface area contributed by atoms with Crippen molar-refractivity contribution in [1.82, 2.24) is 19.9 Å². The number of alkyl halides is 3. The van der Waals surface area contributed by atoms with Gasteiger partial charge < -0.3 is 9.88 Å². The van der Waals surface area contributed by atoms with Gasteiger partial charge in [-0.3, -0.25) is 0 Å². The molecule has 2 aromatic heterocycles. The molecule has 114 valence electrons. The van der Waals surface area contributed by atoms with Crippen LogP contribution in [0.2, 0.25) is 0 Å². The average molecular weight is 298 g/mol. The molecule has 2 aromatic rings. The Balaban J connectivity index is 2.30. The van der Waals surface area contributed by atoms with E-state index in [4.69, 9.17) is 0 Å². The minimum Gasteiger partial charge on any atom is -0.315 e. The zero-order valence-corrected chi connectivity index (χ0v) is 11.9. The van der Waals surface area contributed by atoms with Gasteiger partial charge in [0, 0.05) is 18.8 Å². The van der Waals surface area contributed by atoms with Crippen molar-refractivity contribution < 1.29 is 13.2 Å². The summed E-state index contributed by atoms with van der Waals surface area (Å²) >= 11 is 0. The zero-order valence-electron chi connectivity index (χ0n) is 11.9. The van der Waals surface area contributed by atoms with Crippen LogP contribution in [0.4, 0.5) is 13.2 Å². The van der Waals surface area contributed by atoms with Crippen molar-refractivity contribution >= 4 is 11.2 Å². The maximum Gasteiger partial charge on any atom is 0.402 e. The van der Waals surface area contributed by atoms with Crippen molar-refractivity contribution in [3.05, 3.63) is 24.2 Å². The topological polar surface area (TPSA) is 42.7 Å². The summed E-state index contributed by atoms with van der Waals surface area (Å²) < 4.78 is 42.9. The quantitative estimate of drug-likeness (QED) is 0.927. The van der Waals surface area contributed by atoms with Gasteiger partial charge in [-0.15, -0.1) is 0 Å². The van der Waals surface area contributed by atoms with Gasteiger partial charge in [-0.25, -0.2) is 9.97 Å². The molecular formula is C14H17F3N4. The molecular weight excluding hydrogens is 281 g/mol. The van der Waals surface area contributed by atoms with Crippen molar-refractivity contribution in [2.24, 2.45) is 0 Å². The average Bonchev–Trinajstić information content (AvgIpc) is 3.03. The number of nitrogens with one attached hydrogen (secondary N) is 1. The lowest BCUT2D eigenvalue weighted by molar-refractivity contribution is -0.187. The Bertz CT molecular complexity index is 654. The van der Waals surface area contributed by atoms with E-state index in [1.54, 1.807) is 22.9 Å². The van der Waals surface area contributed by atoms with Crippen LogP contribution in [0.1, 0.15) is 32.1 Å². The fraction of sp³-hybridized carbons (Fsp3) is 0.571. The number of rotatable bonds is 2. The van der Waals surface area contributed by atoms with Gasteiger partial charge >= 0.3 is 6.18 Å². The lowest BCUT2D eigenvalue weighted by Crippen LogP contribution is -2.46. The molecule has 0 spiro atoms. The number of halogens is 3. The van der Waals surface area contributed by atoms with Crippen LogP contribution in [0.5, 0.6) is 0 Å². The minimum atomic E-state index is -4.34. The summed E-state index contributed by atoms with van der Waals surface area (Å²) in [5.41, 5.74) is -0.910. The molecule has 1 aliphatic heterocycles. The highest BCUT2D eigenvalue weighted by molar-refractivity contribution is 5.71. The molecule has 4 nitrogen and oxygen atoms in total. The van der Waals surface area contributed by atoms with E-state index in [0.717, 1.165) is 0 Å². The Morgan fingerprint density at radius 1 is 1.38 bits per heavy atom. The smallest absolute Gasteiger partial charge is 0.315 e. The van der Waals surface area contributed by atoms with E-state index in [9.17, 15) is 13.2 Å². The monoisotopic (exact) mass is 298 g/mol. The van der Waals surface area contributed by atoms with E-state index in [0.29, 0.717) is 17.7 Å². The summed E-state index contributed by atoms with van der Waals surface area (Å²) in [6.45, 7) is 3.91. The first-order valence-electron chi connectivity index (χ1n) is 6.98. The van der Waals surface area contributed by atoms with Crippen molar-refractivity contribution in [1.29, 1.82) is 0 Å². The second kappa shape index (κ2) is 4.69. The van der Waals surface area contributed by atoms with Crippen LogP contribution in [0, 0.1) is 0 Å². The number of hydrogen-bond acceptors (Lipinski definition) is 3. The van der Waals surface area contributed by atoms with Crippen molar-refractivity contribution in [3.63, 3.8) is 0 Å². The van der Waals surface area contributed by atoms with Crippen LogP contribution < -0.4 is 5.32 Å². The molecule has 3 heterocycles. The summed E-state index contributed by atoms with van der Waals surface area (Å²) in [5.74, 6) is 0.0729. The zero-order chi connectivity index (χ0) is 15.3. The van der Waals surface area contributed by atoms with Gasteiger partial charge in [-0.1, -0.05) is 0 Å². The third-order valence-electron chi connectivity index (χ3n) is 4.09. The number of fused-ring (bicyclic) bond motifs is 1. The van der Waals surface area contributed by atoms with Crippen LogP contribution in [0.3, 0.4) is 0 Å². The van der Waals surface area contributed by atoms with Crippen LogP contribution in [0.15, 0.2) is 18.3 Å². The van der Waals surface area contributed by atoms with Gasteiger partial charge in [0.25, 0.3) is 0 Å². The van der Waals surface area contributed by atoms with Gasteiger partial charge in [0.1, 0.15) is 16.8 Å². The number of pyridine rings is 1. The third kappa shape index (κ3) is 2.02. The maximum atomic E-state index is 13.8. The molecule has 0 aliphatic carbocycles. The van der Waals surface area contributed by atoms with Crippen molar-refractivity contribution in [3.8, 4) is 0 Å². The first kappa shape index (κ1) is 14.3. The van der Waals surface area contributed by atoms with Crippen LogP contribution in [0.25, 0.3) is 11.2 Å². The lowest BCUT2D eigenvalue weighted by Gasteiger charge is -2.31. The Kier molecular flexibility index (Phi) is 3.20. The summed E-state index contributed by atoms with van der Waals surface area (Å²) in [6, 6.07) is 3.26. The highest BCUT2D eigenvalue weighted by atomic mass is 19.4. The first-order valence-corrected chi connectivity index (χ1v) is 6.98. The maximum absolute atomic E-state index is 13.8. The second-order valence-electron chi connectivity index (χ2n) is 5.75. The Morgan fingerprint density at radius 3 is 2.71 bits per heavy atom. The largest absolute Gasteiger partial charge is 0.402 e. The Morgan fingerprint density at radius 2 is 2.14 bits per heavy atom. The summed E-state index contributed by atoms with van der Waals surface area (Å²) in [5, 5.41) is 2.83. The fourth-order valence-electron chi connectivity index (χ4n) is 3.01. The molecule has 1 unspecified atom stereocenters. The van der Waals surface area contributed by atoms with E-state index in [2.05, 4.69) is 15.3 Å². The lowest BCUT2D eigenvalue weighted by atomic mass is 9.85. The van der Waals surface area contributed by atoms with Crippen LogP contribution in [-0.4, -0.2) is 33.8 Å². The minimum absolute atomic E-state index is 0.00649. The standard InChI is InChI=1S/C14H17F3N4/c1-9(2)21-11-10(4-3-6-19-11)20-12(21)13(14(15,16)17)5-7-18-8-13/h3-4,6,9,18H,5,7-8H2,1-2H3. The molecule has 3 rings (SSSR count). The number of nitrogens with zero attached hydrogens (tertiary/aromatic N) is 3. The van der Waals surface area contributed by atoms with E-state index in [-0.39, 0.29) is 24.8 Å². The third-order valence-corrected chi connectivity index (χ3v) is 4.09. The molecule has 0 saturated carbocycles. The van der Waals surface area contributed by atoms with Crippen molar-refractivity contribution in [2.45, 2.75) is 37.9 Å². The van der Waals surface area contributed by atoms with E-state index < -0.39 is 11.6 Å². The van der Waals surface area contributed by atoms with Gasteiger partial charge in [0.2, 0.25) is 0 Å². The molecule has 0 bridgehead atoms. The summed E-state index contributed by atoms with van der Waals surface area (Å²) in [7, 11) is 0. The summed E-state index contributed by atoms with van der Waals surface area (Å²) in [6.07, 6.45) is -2.75. The molecule has 1 atom stereocenters. The molecule has 0 radical (unpaired) electrons. The molecule has 7 heteroatoms. The fourth-order valence-corrected chi connectivity index (χ4v) is 3.01. The van der Waals surface area contributed by atoms with Crippen molar-refractivity contribution in [2.75, 3.05) is 13.1 Å². The molecule has 1 N–H and O–H groups in total. The first-order chi connectivity index (χ1) is 9.87. The normalized spacial score (nSPS) is 23.3.